The van der Waals surface area contributed by atoms with Crippen LogP contribution in [-0.4, -0.2) is 36.6 Å². The molecule has 3 aromatic rings. The van der Waals surface area contributed by atoms with Gasteiger partial charge in [-0.1, -0.05) is 30.3 Å². The van der Waals surface area contributed by atoms with Crippen molar-refractivity contribution in [1.82, 2.24) is 15.3 Å². The maximum Gasteiger partial charge on any atom is 0.251 e. The highest BCUT2D eigenvalue weighted by Crippen LogP contribution is 2.27. The standard InChI is InChI=1S/C21H21N3O3/c1-26-18-9-8-17(12-19(18)27-2)21(25)22-11-10-15-13-23-20(24-14-15)16-6-4-3-5-7-16/h3-9,12-14H,10-11H2,1-2H3,(H,22,25). The first kappa shape index (κ1) is 18.4. The van der Waals surface area contributed by atoms with E-state index in [0.29, 0.717) is 35.9 Å². The SMILES string of the molecule is COc1ccc(C(=O)NCCc2cnc(-c3ccccc3)nc2)cc1OC. The quantitative estimate of drug-likeness (QED) is 0.698. The van der Waals surface area contributed by atoms with Gasteiger partial charge in [0.05, 0.1) is 14.2 Å². The fourth-order valence-electron chi connectivity index (χ4n) is 2.62. The molecule has 0 aliphatic carbocycles. The lowest BCUT2D eigenvalue weighted by Gasteiger charge is -2.10. The van der Waals surface area contributed by atoms with Crippen LogP contribution in [0.5, 0.6) is 11.5 Å². The summed E-state index contributed by atoms with van der Waals surface area (Å²) >= 11 is 0. The zero-order valence-electron chi connectivity index (χ0n) is 15.3. The van der Waals surface area contributed by atoms with Crippen LogP contribution in [0.25, 0.3) is 11.4 Å². The minimum atomic E-state index is -0.169. The van der Waals surface area contributed by atoms with Gasteiger partial charge in [-0.25, -0.2) is 9.97 Å². The van der Waals surface area contributed by atoms with Gasteiger partial charge in [0.25, 0.3) is 5.91 Å². The number of carbonyl (C=O) groups is 1. The monoisotopic (exact) mass is 363 g/mol. The highest BCUT2D eigenvalue weighted by molar-refractivity contribution is 5.94. The third kappa shape index (κ3) is 4.61. The summed E-state index contributed by atoms with van der Waals surface area (Å²) in [7, 11) is 3.10. The molecule has 0 aliphatic rings. The van der Waals surface area contributed by atoms with Crippen LogP contribution >= 0.6 is 0 Å². The van der Waals surface area contributed by atoms with Crippen LogP contribution < -0.4 is 14.8 Å². The molecule has 0 bridgehead atoms. The molecule has 3 rings (SSSR count). The first-order valence-electron chi connectivity index (χ1n) is 8.58. The predicted octanol–water partition coefficient (Wildman–Crippen LogP) is 3.13. The zero-order valence-corrected chi connectivity index (χ0v) is 15.3. The van der Waals surface area contributed by atoms with Gasteiger partial charge in [0.2, 0.25) is 0 Å². The molecule has 138 valence electrons. The van der Waals surface area contributed by atoms with E-state index in [1.54, 1.807) is 44.8 Å². The fraction of sp³-hybridized carbons (Fsp3) is 0.190. The van der Waals surface area contributed by atoms with Crippen molar-refractivity contribution in [3.63, 3.8) is 0 Å². The number of rotatable bonds is 7. The molecule has 0 saturated carbocycles. The molecule has 0 fully saturated rings. The van der Waals surface area contributed by atoms with Gasteiger partial charge in [-0.2, -0.15) is 0 Å². The van der Waals surface area contributed by atoms with E-state index < -0.39 is 0 Å². The van der Waals surface area contributed by atoms with Crippen molar-refractivity contribution in [3.8, 4) is 22.9 Å². The average Bonchev–Trinajstić information content (AvgIpc) is 2.74. The Morgan fingerprint density at radius 2 is 1.67 bits per heavy atom. The number of benzene rings is 2. The third-order valence-electron chi connectivity index (χ3n) is 4.08. The van der Waals surface area contributed by atoms with E-state index in [1.807, 2.05) is 30.3 Å². The zero-order chi connectivity index (χ0) is 19.1. The molecule has 0 saturated heterocycles. The number of nitrogens with zero attached hydrogens (tertiary/aromatic N) is 2. The number of ether oxygens (including phenoxy) is 2. The summed E-state index contributed by atoms with van der Waals surface area (Å²) in [5, 5.41) is 2.89. The van der Waals surface area contributed by atoms with Gasteiger partial charge in [0.15, 0.2) is 17.3 Å². The normalized spacial score (nSPS) is 10.3. The van der Waals surface area contributed by atoms with Gasteiger partial charge < -0.3 is 14.8 Å². The van der Waals surface area contributed by atoms with Gasteiger partial charge in [-0.15, -0.1) is 0 Å². The molecule has 1 heterocycles. The maximum atomic E-state index is 12.3. The molecule has 0 atom stereocenters. The maximum absolute atomic E-state index is 12.3. The molecule has 1 amide bonds. The lowest BCUT2D eigenvalue weighted by atomic mass is 10.1. The minimum Gasteiger partial charge on any atom is -0.493 e. The predicted molar refractivity (Wildman–Crippen MR) is 103 cm³/mol. The van der Waals surface area contributed by atoms with Crippen LogP contribution in [0, 0.1) is 0 Å². The van der Waals surface area contributed by atoms with Crippen LogP contribution in [0.3, 0.4) is 0 Å². The summed E-state index contributed by atoms with van der Waals surface area (Å²) < 4.78 is 10.4. The summed E-state index contributed by atoms with van der Waals surface area (Å²) in [5.74, 6) is 1.63. The van der Waals surface area contributed by atoms with Gasteiger partial charge in [0, 0.05) is 30.1 Å². The summed E-state index contributed by atoms with van der Waals surface area (Å²) in [4.78, 5) is 21.1. The molecule has 27 heavy (non-hydrogen) atoms. The smallest absolute Gasteiger partial charge is 0.251 e. The van der Waals surface area contributed by atoms with Crippen molar-refractivity contribution >= 4 is 5.91 Å². The number of aromatic nitrogens is 2. The summed E-state index contributed by atoms with van der Waals surface area (Å²) in [6.07, 6.45) is 4.23. The third-order valence-corrected chi connectivity index (χ3v) is 4.08. The number of methoxy groups -OCH3 is 2. The second-order valence-corrected chi connectivity index (χ2v) is 5.86. The Kier molecular flexibility index (Phi) is 5.99. The molecule has 6 nitrogen and oxygen atoms in total. The van der Waals surface area contributed by atoms with Crippen molar-refractivity contribution in [3.05, 3.63) is 72.1 Å². The van der Waals surface area contributed by atoms with Crippen molar-refractivity contribution in [2.24, 2.45) is 0 Å². The Morgan fingerprint density at radius 3 is 2.33 bits per heavy atom. The van der Waals surface area contributed by atoms with Crippen LogP contribution in [0.15, 0.2) is 60.9 Å². The van der Waals surface area contributed by atoms with Gasteiger partial charge in [-0.05, 0) is 30.2 Å². The number of hydrogen-bond donors (Lipinski definition) is 1. The summed E-state index contributed by atoms with van der Waals surface area (Å²) in [6.45, 7) is 0.487. The molecule has 1 aromatic heterocycles. The van der Waals surface area contributed by atoms with Gasteiger partial charge >= 0.3 is 0 Å². The van der Waals surface area contributed by atoms with Crippen LogP contribution in [0.2, 0.25) is 0 Å². The van der Waals surface area contributed by atoms with Crippen LogP contribution in [-0.2, 0) is 6.42 Å². The number of amides is 1. The Labute approximate surface area is 158 Å². The number of hydrogen-bond acceptors (Lipinski definition) is 5. The number of carbonyl (C=O) groups excluding carboxylic acids is 1. The topological polar surface area (TPSA) is 73.3 Å². The van der Waals surface area contributed by atoms with E-state index >= 15 is 0 Å². The fourth-order valence-corrected chi connectivity index (χ4v) is 2.62. The van der Waals surface area contributed by atoms with Crippen LogP contribution in [0.1, 0.15) is 15.9 Å². The van der Waals surface area contributed by atoms with E-state index in [4.69, 9.17) is 9.47 Å². The van der Waals surface area contributed by atoms with E-state index in [9.17, 15) is 4.79 Å². The average molecular weight is 363 g/mol. The molecule has 0 aliphatic heterocycles. The first-order chi connectivity index (χ1) is 13.2. The highest BCUT2D eigenvalue weighted by Gasteiger charge is 2.10. The lowest BCUT2D eigenvalue weighted by molar-refractivity contribution is 0.0953. The molecular weight excluding hydrogens is 342 g/mol. The van der Waals surface area contributed by atoms with Crippen molar-refractivity contribution in [1.29, 1.82) is 0 Å². The Balaban J connectivity index is 1.56. The Morgan fingerprint density at radius 1 is 0.963 bits per heavy atom. The largest absolute Gasteiger partial charge is 0.493 e. The lowest BCUT2D eigenvalue weighted by Crippen LogP contribution is -2.25. The highest BCUT2D eigenvalue weighted by atomic mass is 16.5. The summed E-state index contributed by atoms with van der Waals surface area (Å²) in [6, 6.07) is 14.9. The van der Waals surface area contributed by atoms with Crippen molar-refractivity contribution in [2.45, 2.75) is 6.42 Å². The molecule has 6 heteroatoms. The molecule has 1 N–H and O–H groups in total. The van der Waals surface area contributed by atoms with E-state index in [-0.39, 0.29) is 5.91 Å². The van der Waals surface area contributed by atoms with E-state index in [0.717, 1.165) is 11.1 Å². The molecule has 0 unspecified atom stereocenters. The van der Waals surface area contributed by atoms with Gasteiger partial charge in [-0.3, -0.25) is 4.79 Å². The number of nitrogens with one attached hydrogen (secondary N) is 1. The molecule has 0 radical (unpaired) electrons. The second-order valence-electron chi connectivity index (χ2n) is 5.86. The minimum absolute atomic E-state index is 0.169. The van der Waals surface area contributed by atoms with E-state index in [2.05, 4.69) is 15.3 Å². The Hall–Kier alpha value is -3.41. The molecular formula is C21H21N3O3. The molecule has 0 spiro atoms. The van der Waals surface area contributed by atoms with Crippen molar-refractivity contribution in [2.75, 3.05) is 20.8 Å². The molecule has 2 aromatic carbocycles. The van der Waals surface area contributed by atoms with Crippen molar-refractivity contribution < 1.29 is 14.3 Å². The van der Waals surface area contributed by atoms with Gasteiger partial charge in [0.1, 0.15) is 0 Å². The first-order valence-corrected chi connectivity index (χ1v) is 8.58. The summed E-state index contributed by atoms with van der Waals surface area (Å²) in [5.41, 5.74) is 2.46. The Bertz CT molecular complexity index is 896. The van der Waals surface area contributed by atoms with Crippen LogP contribution in [0.4, 0.5) is 0 Å². The second kappa shape index (κ2) is 8.80. The van der Waals surface area contributed by atoms with E-state index in [1.165, 1.54) is 0 Å².